The van der Waals surface area contributed by atoms with Crippen molar-refractivity contribution in [2.75, 3.05) is 0 Å². The van der Waals surface area contributed by atoms with Gasteiger partial charge in [-0.25, -0.2) is 0 Å². The van der Waals surface area contributed by atoms with Crippen LogP contribution in [0, 0.1) is 0 Å². The minimum atomic E-state index is -0.985. The largest absolute Gasteiger partial charge is 0.508 e. The van der Waals surface area contributed by atoms with Gasteiger partial charge in [0.05, 0.1) is 11.5 Å². The molecular formula is C28H32O6. The Labute approximate surface area is 198 Å². The molecule has 0 spiro atoms. The zero-order chi connectivity index (χ0) is 25.2. The van der Waals surface area contributed by atoms with Gasteiger partial charge < -0.3 is 24.8 Å². The number of hydrogen-bond acceptors (Lipinski definition) is 6. The Kier molecular flexibility index (Phi) is 7.52. The Hall–Kier alpha value is -3.51. The maximum atomic E-state index is 13.3. The summed E-state index contributed by atoms with van der Waals surface area (Å²) in [6, 6.07) is 4.12. The predicted octanol–water partition coefficient (Wildman–Crippen LogP) is 5.78. The van der Waals surface area contributed by atoms with Gasteiger partial charge in [0.1, 0.15) is 33.8 Å². The summed E-state index contributed by atoms with van der Waals surface area (Å²) in [7, 11) is 0. The van der Waals surface area contributed by atoms with Crippen molar-refractivity contribution in [3.63, 3.8) is 0 Å². The number of rotatable bonds is 8. The maximum Gasteiger partial charge on any atom is 0.204 e. The molecule has 1 heterocycles. The third-order valence-corrected chi connectivity index (χ3v) is 5.84. The zero-order valence-electron chi connectivity index (χ0n) is 20.1. The maximum absolute atomic E-state index is 13.3. The normalized spacial score (nSPS) is 12.0. The van der Waals surface area contributed by atoms with E-state index in [1.54, 1.807) is 0 Å². The Morgan fingerprint density at radius 2 is 1.71 bits per heavy atom. The van der Waals surface area contributed by atoms with Crippen LogP contribution in [0.15, 0.2) is 62.9 Å². The van der Waals surface area contributed by atoms with Gasteiger partial charge in [0.2, 0.25) is 5.43 Å². The third-order valence-electron chi connectivity index (χ3n) is 5.84. The highest BCUT2D eigenvalue weighted by Crippen LogP contribution is 2.41. The fraction of sp³-hybridized carbons (Fsp3) is 0.321. The van der Waals surface area contributed by atoms with Crippen LogP contribution in [0.4, 0.5) is 0 Å². The van der Waals surface area contributed by atoms with Crippen molar-refractivity contribution in [2.45, 2.75) is 59.5 Å². The number of phenolic OH excluding ortho intramolecular Hbond substituents is 3. The van der Waals surface area contributed by atoms with Crippen LogP contribution in [-0.2, 0) is 12.8 Å². The van der Waals surface area contributed by atoms with E-state index in [1.807, 2.05) is 33.8 Å². The number of aliphatic hydroxyl groups is 1. The molecule has 0 bridgehead atoms. The quantitative estimate of drug-likeness (QED) is 0.248. The molecule has 0 amide bonds. The lowest BCUT2D eigenvalue weighted by atomic mass is 9.92. The van der Waals surface area contributed by atoms with Gasteiger partial charge in [-0.15, -0.1) is 0 Å². The summed E-state index contributed by atoms with van der Waals surface area (Å²) in [4.78, 5) is 13.3. The molecule has 4 N–H and O–H groups in total. The first-order valence-electron chi connectivity index (χ1n) is 11.3. The molecule has 0 aliphatic rings. The van der Waals surface area contributed by atoms with Crippen molar-refractivity contribution in [1.29, 1.82) is 0 Å². The van der Waals surface area contributed by atoms with Crippen molar-refractivity contribution in [3.05, 3.63) is 75.0 Å². The molecule has 2 aromatic carbocycles. The van der Waals surface area contributed by atoms with Crippen LogP contribution >= 0.6 is 0 Å². The predicted molar refractivity (Wildman–Crippen MR) is 136 cm³/mol. The average Bonchev–Trinajstić information content (AvgIpc) is 2.76. The van der Waals surface area contributed by atoms with E-state index in [0.29, 0.717) is 12.0 Å². The van der Waals surface area contributed by atoms with Gasteiger partial charge >= 0.3 is 0 Å². The third kappa shape index (κ3) is 5.18. The Balaban J connectivity index is 2.22. The topological polar surface area (TPSA) is 111 Å². The molecular weight excluding hydrogens is 432 g/mol. The van der Waals surface area contributed by atoms with Crippen LogP contribution in [0.3, 0.4) is 0 Å². The lowest BCUT2D eigenvalue weighted by Crippen LogP contribution is -2.15. The van der Waals surface area contributed by atoms with Crippen molar-refractivity contribution in [1.82, 2.24) is 0 Å². The van der Waals surface area contributed by atoms with Gasteiger partial charge in [-0.05, 0) is 70.7 Å². The van der Waals surface area contributed by atoms with Gasteiger partial charge in [-0.3, -0.25) is 4.79 Å². The smallest absolute Gasteiger partial charge is 0.204 e. The molecule has 6 nitrogen and oxygen atoms in total. The van der Waals surface area contributed by atoms with E-state index in [-0.39, 0.29) is 63.2 Å². The molecule has 1 atom stereocenters. The second kappa shape index (κ2) is 10.2. The fourth-order valence-electron chi connectivity index (χ4n) is 3.90. The average molecular weight is 465 g/mol. The van der Waals surface area contributed by atoms with Gasteiger partial charge in [0.15, 0.2) is 0 Å². The molecule has 0 aliphatic heterocycles. The minimum Gasteiger partial charge on any atom is -0.508 e. The highest BCUT2D eigenvalue weighted by molar-refractivity contribution is 5.97. The van der Waals surface area contributed by atoms with Crippen molar-refractivity contribution < 1.29 is 24.8 Å². The minimum absolute atomic E-state index is 0.00953. The summed E-state index contributed by atoms with van der Waals surface area (Å²) in [5.41, 5.74) is 2.83. The monoisotopic (exact) mass is 464 g/mol. The number of fused-ring (bicyclic) bond motifs is 2. The Morgan fingerprint density at radius 1 is 1.03 bits per heavy atom. The summed E-state index contributed by atoms with van der Waals surface area (Å²) in [5, 5.41) is 42.8. The van der Waals surface area contributed by atoms with E-state index >= 15 is 0 Å². The van der Waals surface area contributed by atoms with Crippen LogP contribution in [0.2, 0.25) is 0 Å². The highest BCUT2D eigenvalue weighted by atomic mass is 16.3. The number of benzene rings is 2. The van der Waals surface area contributed by atoms with Crippen LogP contribution in [0.5, 0.6) is 17.2 Å². The molecule has 0 saturated heterocycles. The molecule has 0 fully saturated rings. The van der Waals surface area contributed by atoms with E-state index in [0.717, 1.165) is 12.0 Å². The first-order valence-corrected chi connectivity index (χ1v) is 11.3. The molecule has 6 heteroatoms. The van der Waals surface area contributed by atoms with E-state index in [1.165, 1.54) is 23.8 Å². The molecule has 1 aromatic heterocycles. The number of allylic oxidation sites excluding steroid dienone is 4. The van der Waals surface area contributed by atoms with E-state index < -0.39 is 11.5 Å². The lowest BCUT2D eigenvalue weighted by Gasteiger charge is -2.18. The van der Waals surface area contributed by atoms with E-state index in [2.05, 4.69) is 12.7 Å². The molecule has 0 aliphatic carbocycles. The highest BCUT2D eigenvalue weighted by Gasteiger charge is 2.25. The van der Waals surface area contributed by atoms with Crippen molar-refractivity contribution in [2.24, 2.45) is 0 Å². The van der Waals surface area contributed by atoms with Gasteiger partial charge in [-0.2, -0.15) is 0 Å². The molecule has 3 aromatic rings. The van der Waals surface area contributed by atoms with Crippen LogP contribution in [0.25, 0.3) is 21.9 Å². The lowest BCUT2D eigenvalue weighted by molar-refractivity contribution is 0.206. The van der Waals surface area contributed by atoms with Crippen molar-refractivity contribution >= 4 is 21.9 Å². The number of aromatic hydroxyl groups is 3. The van der Waals surface area contributed by atoms with Crippen LogP contribution in [0.1, 0.15) is 51.7 Å². The SMILES string of the molecule is C=C(CCC=C(C)C)C(O)Cc1c(O)c(CC=C(C)C)c(O)c2c(=O)c3cc(O)ccc3oc12. The summed E-state index contributed by atoms with van der Waals surface area (Å²) in [6.45, 7) is 11.8. The Morgan fingerprint density at radius 3 is 2.35 bits per heavy atom. The van der Waals surface area contributed by atoms with Gasteiger partial charge in [0, 0.05) is 17.5 Å². The van der Waals surface area contributed by atoms with Gasteiger partial charge in [0.25, 0.3) is 0 Å². The molecule has 180 valence electrons. The molecule has 3 rings (SSSR count). The number of phenols is 3. The molecule has 1 unspecified atom stereocenters. The first-order chi connectivity index (χ1) is 16.0. The standard InChI is InChI=1S/C28H32O6/c1-15(2)7-6-8-17(5)22(30)14-21-25(31)19(11-9-16(3)4)26(32)24-27(33)20-13-18(29)10-12-23(20)34-28(21)24/h7,9-10,12-13,22,29-32H,5-6,8,11,14H2,1-4H3. The second-order valence-electron chi connectivity index (χ2n) is 9.15. The molecule has 0 saturated carbocycles. The van der Waals surface area contributed by atoms with Gasteiger partial charge in [-0.1, -0.05) is 29.9 Å². The van der Waals surface area contributed by atoms with Crippen molar-refractivity contribution in [3.8, 4) is 17.2 Å². The second-order valence-corrected chi connectivity index (χ2v) is 9.15. The summed E-state index contributed by atoms with van der Waals surface area (Å²) < 4.78 is 5.95. The van der Waals surface area contributed by atoms with Crippen LogP contribution < -0.4 is 5.43 Å². The fourth-order valence-corrected chi connectivity index (χ4v) is 3.90. The van der Waals surface area contributed by atoms with E-state index in [4.69, 9.17) is 4.42 Å². The Bertz CT molecular complexity index is 1370. The number of aliphatic hydroxyl groups excluding tert-OH is 1. The zero-order valence-corrected chi connectivity index (χ0v) is 20.1. The first kappa shape index (κ1) is 25.1. The number of hydrogen-bond donors (Lipinski definition) is 4. The summed E-state index contributed by atoms with van der Waals surface area (Å²) >= 11 is 0. The van der Waals surface area contributed by atoms with Crippen LogP contribution in [-0.4, -0.2) is 26.5 Å². The molecule has 0 radical (unpaired) electrons. The molecule has 34 heavy (non-hydrogen) atoms. The van der Waals surface area contributed by atoms with E-state index in [9.17, 15) is 25.2 Å². The summed E-state index contributed by atoms with van der Waals surface area (Å²) in [5.74, 6) is -0.699. The summed E-state index contributed by atoms with van der Waals surface area (Å²) in [6.07, 6.45) is 4.36.